The molecular formula is C27H34N6O2. The first kappa shape index (κ1) is 23.7. The molecule has 2 saturated heterocycles. The first-order valence-electron chi connectivity index (χ1n) is 12.4. The van der Waals surface area contributed by atoms with E-state index in [4.69, 9.17) is 4.74 Å². The quantitative estimate of drug-likeness (QED) is 0.584. The van der Waals surface area contributed by atoms with Crippen LogP contribution < -0.4 is 15.6 Å². The highest BCUT2D eigenvalue weighted by atomic mass is 16.5. The van der Waals surface area contributed by atoms with Gasteiger partial charge in [-0.2, -0.15) is 0 Å². The number of amides is 1. The minimum Gasteiger partial charge on any atom is -0.424 e. The van der Waals surface area contributed by atoms with Gasteiger partial charge in [-0.15, -0.1) is 0 Å². The second-order valence-electron chi connectivity index (χ2n) is 10.5. The van der Waals surface area contributed by atoms with Crippen molar-refractivity contribution >= 4 is 16.7 Å². The van der Waals surface area contributed by atoms with Gasteiger partial charge in [-0.1, -0.05) is 39.0 Å². The maximum Gasteiger partial charge on any atom is 0.321 e. The van der Waals surface area contributed by atoms with Gasteiger partial charge in [0.2, 0.25) is 5.91 Å². The lowest BCUT2D eigenvalue weighted by molar-refractivity contribution is -0.141. The van der Waals surface area contributed by atoms with Crippen molar-refractivity contribution in [3.8, 4) is 11.8 Å². The Morgan fingerprint density at radius 2 is 1.74 bits per heavy atom. The first-order chi connectivity index (χ1) is 16.8. The predicted molar refractivity (Wildman–Crippen MR) is 136 cm³/mol. The lowest BCUT2D eigenvalue weighted by Crippen LogP contribution is -2.51. The summed E-state index contributed by atoms with van der Waals surface area (Å²) in [5, 5.41) is 2.29. The molecule has 1 amide bonds. The predicted octanol–water partition coefficient (Wildman–Crippen LogP) is 3.65. The topological polar surface area (TPSA) is 82.6 Å². The molecule has 3 heterocycles. The van der Waals surface area contributed by atoms with Crippen LogP contribution in [0.5, 0.6) is 11.8 Å². The van der Waals surface area contributed by atoms with Gasteiger partial charge < -0.3 is 9.64 Å². The highest BCUT2D eigenvalue weighted by Crippen LogP contribution is 2.26. The second-order valence-corrected chi connectivity index (χ2v) is 10.5. The summed E-state index contributed by atoms with van der Waals surface area (Å²) in [5.41, 5.74) is 8.35. The van der Waals surface area contributed by atoms with Crippen molar-refractivity contribution < 1.29 is 9.53 Å². The fourth-order valence-corrected chi connectivity index (χ4v) is 4.68. The van der Waals surface area contributed by atoms with Crippen LogP contribution in [-0.2, 0) is 11.3 Å². The zero-order valence-electron chi connectivity index (χ0n) is 20.8. The van der Waals surface area contributed by atoms with E-state index in [1.165, 1.54) is 10.9 Å². The summed E-state index contributed by atoms with van der Waals surface area (Å²) in [5.74, 6) is 0.962. The Balaban J connectivity index is 1.19. The van der Waals surface area contributed by atoms with E-state index in [0.29, 0.717) is 6.01 Å². The number of aromatic nitrogens is 2. The fraction of sp³-hybridized carbons (Fsp3) is 0.444. The Bertz CT molecular complexity index is 1180. The van der Waals surface area contributed by atoms with Gasteiger partial charge in [0.15, 0.2) is 0 Å². The van der Waals surface area contributed by atoms with E-state index in [1.54, 1.807) is 0 Å². The van der Waals surface area contributed by atoms with Crippen LogP contribution in [0.25, 0.3) is 10.8 Å². The minimum absolute atomic E-state index is 0.241. The van der Waals surface area contributed by atoms with Gasteiger partial charge in [0, 0.05) is 62.6 Å². The number of hydrazine groups is 1. The summed E-state index contributed by atoms with van der Waals surface area (Å²) >= 11 is 0. The van der Waals surface area contributed by atoms with Crippen LogP contribution in [-0.4, -0.2) is 58.4 Å². The maximum atomic E-state index is 12.5. The van der Waals surface area contributed by atoms with E-state index >= 15 is 0 Å². The molecule has 3 aromatic rings. The minimum atomic E-state index is -0.316. The molecular weight excluding hydrogens is 440 g/mol. The number of fused-ring (bicyclic) bond motifs is 1. The van der Waals surface area contributed by atoms with Crippen molar-refractivity contribution in [3.05, 3.63) is 59.9 Å². The van der Waals surface area contributed by atoms with Crippen molar-refractivity contribution in [2.45, 2.75) is 39.8 Å². The SMILES string of the molecule is CC(C)(C)C(=O)N1CCN(Cc2ccc3cc(Oc4ncc(C5CCNN5)cn4)ccc3c2)CC1. The summed E-state index contributed by atoms with van der Waals surface area (Å²) in [6.07, 6.45) is 4.65. The molecule has 0 aliphatic carbocycles. The van der Waals surface area contributed by atoms with Crippen LogP contribution in [0.15, 0.2) is 48.8 Å². The Labute approximate surface area is 206 Å². The molecule has 0 radical (unpaired) electrons. The molecule has 1 unspecified atom stereocenters. The number of hydrogen-bond donors (Lipinski definition) is 2. The third-order valence-electron chi connectivity index (χ3n) is 6.68. The summed E-state index contributed by atoms with van der Waals surface area (Å²) in [6, 6.07) is 13.2. The van der Waals surface area contributed by atoms with Crippen LogP contribution >= 0.6 is 0 Å². The molecule has 0 saturated carbocycles. The van der Waals surface area contributed by atoms with Crippen molar-refractivity contribution in [3.63, 3.8) is 0 Å². The standard InChI is InChI=1S/C27H34N6O2/c1-27(2,3)25(34)33-12-10-32(11-13-33)18-19-4-5-21-15-23(7-6-20(21)14-19)35-26-28-16-22(17-29-26)24-8-9-30-31-24/h4-7,14-17,24,30-31H,8-13,18H2,1-3H3. The summed E-state index contributed by atoms with van der Waals surface area (Å²) in [6.45, 7) is 11.2. The average molecular weight is 475 g/mol. The number of hydrogen-bond acceptors (Lipinski definition) is 7. The first-order valence-corrected chi connectivity index (χ1v) is 12.4. The monoisotopic (exact) mass is 474 g/mol. The zero-order chi connectivity index (χ0) is 24.4. The molecule has 2 fully saturated rings. The number of nitrogens with one attached hydrogen (secondary N) is 2. The van der Waals surface area contributed by atoms with Crippen LogP contribution in [0.2, 0.25) is 0 Å². The van der Waals surface area contributed by atoms with Crippen molar-refractivity contribution in [1.82, 2.24) is 30.6 Å². The third-order valence-corrected chi connectivity index (χ3v) is 6.68. The van der Waals surface area contributed by atoms with Gasteiger partial charge in [-0.05, 0) is 41.0 Å². The van der Waals surface area contributed by atoms with Crippen molar-refractivity contribution in [1.29, 1.82) is 0 Å². The van der Waals surface area contributed by atoms with E-state index in [9.17, 15) is 4.79 Å². The molecule has 0 spiro atoms. The molecule has 2 aromatic carbocycles. The lowest BCUT2D eigenvalue weighted by Gasteiger charge is -2.37. The van der Waals surface area contributed by atoms with Crippen molar-refractivity contribution in [2.24, 2.45) is 5.41 Å². The van der Waals surface area contributed by atoms with Crippen LogP contribution in [0, 0.1) is 5.41 Å². The Hall–Kier alpha value is -3.07. The normalized spacial score (nSPS) is 19.3. The second kappa shape index (κ2) is 9.89. The maximum absolute atomic E-state index is 12.5. The number of benzene rings is 2. The third kappa shape index (κ3) is 5.61. The van der Waals surface area contributed by atoms with Gasteiger partial charge in [-0.3, -0.25) is 20.5 Å². The lowest BCUT2D eigenvalue weighted by atomic mass is 9.94. The van der Waals surface area contributed by atoms with Crippen molar-refractivity contribution in [2.75, 3.05) is 32.7 Å². The molecule has 2 N–H and O–H groups in total. The molecule has 8 nitrogen and oxygen atoms in total. The van der Waals surface area contributed by atoms with E-state index in [-0.39, 0.29) is 17.4 Å². The number of ether oxygens (including phenoxy) is 1. The van der Waals surface area contributed by atoms with Gasteiger partial charge >= 0.3 is 6.01 Å². The fourth-order valence-electron chi connectivity index (χ4n) is 4.68. The molecule has 0 bridgehead atoms. The number of rotatable bonds is 5. The molecule has 35 heavy (non-hydrogen) atoms. The highest BCUT2D eigenvalue weighted by molar-refractivity contribution is 5.84. The molecule has 2 aliphatic rings. The van der Waals surface area contributed by atoms with Crippen LogP contribution in [0.3, 0.4) is 0 Å². The smallest absolute Gasteiger partial charge is 0.321 e. The van der Waals surface area contributed by atoms with E-state index in [1.807, 2.05) is 50.2 Å². The molecule has 5 rings (SSSR count). The number of carbonyl (C=O) groups excluding carboxylic acids is 1. The van der Waals surface area contributed by atoms with Crippen LogP contribution in [0.1, 0.15) is 44.4 Å². The molecule has 184 valence electrons. The Kier molecular flexibility index (Phi) is 6.69. The Morgan fingerprint density at radius 3 is 2.43 bits per heavy atom. The van der Waals surface area contributed by atoms with Gasteiger partial charge in [0.25, 0.3) is 0 Å². The zero-order valence-corrected chi connectivity index (χ0v) is 20.8. The van der Waals surface area contributed by atoms with Gasteiger partial charge in [0.1, 0.15) is 5.75 Å². The van der Waals surface area contributed by atoms with E-state index in [0.717, 1.165) is 62.4 Å². The number of nitrogens with zero attached hydrogens (tertiary/aromatic N) is 4. The average Bonchev–Trinajstić information content (AvgIpc) is 3.39. The van der Waals surface area contributed by atoms with Gasteiger partial charge in [0.05, 0.1) is 6.04 Å². The van der Waals surface area contributed by atoms with E-state index in [2.05, 4.69) is 50.0 Å². The number of piperazine rings is 1. The summed E-state index contributed by atoms with van der Waals surface area (Å²) in [4.78, 5) is 25.7. The molecule has 1 atom stereocenters. The largest absolute Gasteiger partial charge is 0.424 e. The molecule has 1 aromatic heterocycles. The van der Waals surface area contributed by atoms with Crippen LogP contribution in [0.4, 0.5) is 0 Å². The molecule has 8 heteroatoms. The van der Waals surface area contributed by atoms with Gasteiger partial charge in [-0.25, -0.2) is 9.97 Å². The Morgan fingerprint density at radius 1 is 1.03 bits per heavy atom. The molecule has 2 aliphatic heterocycles. The summed E-state index contributed by atoms with van der Waals surface area (Å²) < 4.78 is 5.91. The van der Waals surface area contributed by atoms with E-state index < -0.39 is 0 Å². The summed E-state index contributed by atoms with van der Waals surface area (Å²) in [7, 11) is 0. The number of carbonyl (C=O) groups is 1. The highest BCUT2D eigenvalue weighted by Gasteiger charge is 2.29.